The van der Waals surface area contributed by atoms with E-state index in [1.165, 1.54) is 12.1 Å². The summed E-state index contributed by atoms with van der Waals surface area (Å²) in [6.45, 7) is 5.82. The van der Waals surface area contributed by atoms with E-state index in [4.69, 9.17) is 4.74 Å². The topological polar surface area (TPSA) is 12.5 Å². The molecule has 1 aromatic rings. The molecule has 0 spiro atoms. The van der Waals surface area contributed by atoms with Crippen molar-refractivity contribution in [2.75, 3.05) is 31.2 Å². The monoisotopic (exact) mass is 212 g/mol. The summed E-state index contributed by atoms with van der Waals surface area (Å²) in [5, 5.41) is 0. The Bertz CT molecular complexity index is 339. The molecule has 81 valence electrons. The second-order valence-corrected chi connectivity index (χ2v) is 3.49. The first-order chi connectivity index (χ1) is 7.18. The third-order valence-electron chi connectivity index (χ3n) is 2.50. The van der Waals surface area contributed by atoms with Crippen LogP contribution in [0.1, 0.15) is 5.56 Å². The Morgan fingerprint density at radius 1 is 1.13 bits per heavy atom. The van der Waals surface area contributed by atoms with Crippen LogP contribution in [0.2, 0.25) is 0 Å². The largest absolute Gasteiger partial charge is 0.378 e. The maximum absolute atomic E-state index is 13.2. The van der Waals surface area contributed by atoms with Gasteiger partial charge >= 0.3 is 0 Å². The van der Waals surface area contributed by atoms with Crippen LogP contribution >= 0.6 is 0 Å². The van der Waals surface area contributed by atoms with Gasteiger partial charge in [-0.1, -0.05) is 0 Å². The van der Waals surface area contributed by atoms with Gasteiger partial charge in [0.05, 0.1) is 13.2 Å². The fourth-order valence-electron chi connectivity index (χ4n) is 1.59. The second-order valence-electron chi connectivity index (χ2n) is 3.49. The van der Waals surface area contributed by atoms with E-state index >= 15 is 0 Å². The van der Waals surface area contributed by atoms with Gasteiger partial charge in [-0.2, -0.15) is 0 Å². The van der Waals surface area contributed by atoms with Crippen molar-refractivity contribution in [2.45, 2.75) is 0 Å². The van der Waals surface area contributed by atoms with Crippen LogP contribution in [0.3, 0.4) is 0 Å². The number of ether oxygens (including phenoxy) is 1. The van der Waals surface area contributed by atoms with Gasteiger partial charge in [-0.3, -0.25) is 0 Å². The smallest absolute Gasteiger partial charge is 0.131 e. The molecule has 1 saturated heterocycles. The molecule has 4 heteroatoms. The van der Waals surface area contributed by atoms with Crippen LogP contribution in [-0.2, 0) is 4.74 Å². The number of anilines is 1. The molecule has 1 radical (unpaired) electrons. The highest BCUT2D eigenvalue weighted by Crippen LogP contribution is 2.22. The number of hydrogen-bond donors (Lipinski definition) is 0. The third-order valence-corrected chi connectivity index (χ3v) is 2.50. The molecule has 2 nitrogen and oxygen atoms in total. The fraction of sp³-hybridized carbons (Fsp3) is 0.364. The molecule has 2 rings (SSSR count). The zero-order chi connectivity index (χ0) is 10.8. The molecule has 1 heterocycles. The first kappa shape index (κ1) is 10.4. The van der Waals surface area contributed by atoms with E-state index in [9.17, 15) is 8.78 Å². The molecule has 0 saturated carbocycles. The standard InChI is InChI=1S/C11H12F2NO/c1-8-10(12)6-9(7-11(8)13)14-2-4-15-5-3-14/h6-7H,1-5H2. The van der Waals surface area contributed by atoms with E-state index in [0.29, 0.717) is 32.0 Å². The minimum atomic E-state index is -0.600. The van der Waals surface area contributed by atoms with Crippen molar-refractivity contribution in [3.63, 3.8) is 0 Å². The van der Waals surface area contributed by atoms with Crippen molar-refractivity contribution in [1.82, 2.24) is 0 Å². The molecule has 1 aromatic carbocycles. The fourth-order valence-corrected chi connectivity index (χ4v) is 1.59. The molecule has 0 aliphatic carbocycles. The van der Waals surface area contributed by atoms with Gasteiger partial charge in [-0.15, -0.1) is 0 Å². The van der Waals surface area contributed by atoms with Crippen LogP contribution in [0.5, 0.6) is 0 Å². The summed E-state index contributed by atoms with van der Waals surface area (Å²) in [5.41, 5.74) is 0.382. The maximum atomic E-state index is 13.2. The summed E-state index contributed by atoms with van der Waals surface area (Å²) in [7, 11) is 0. The van der Waals surface area contributed by atoms with Crippen LogP contribution < -0.4 is 4.90 Å². The highest BCUT2D eigenvalue weighted by atomic mass is 19.1. The Morgan fingerprint density at radius 3 is 2.20 bits per heavy atom. The zero-order valence-electron chi connectivity index (χ0n) is 8.30. The van der Waals surface area contributed by atoms with E-state index in [2.05, 4.69) is 6.92 Å². The highest BCUT2D eigenvalue weighted by molar-refractivity contribution is 5.49. The minimum Gasteiger partial charge on any atom is -0.378 e. The Kier molecular flexibility index (Phi) is 2.86. The minimum absolute atomic E-state index is 0.174. The van der Waals surface area contributed by atoms with Gasteiger partial charge in [0, 0.05) is 24.3 Å². The molecule has 1 aliphatic rings. The number of benzene rings is 1. The summed E-state index contributed by atoms with van der Waals surface area (Å²) < 4.78 is 31.6. The molecular formula is C11H12F2NO. The first-order valence-corrected chi connectivity index (χ1v) is 4.82. The Labute approximate surface area is 87.5 Å². The SMILES string of the molecule is [CH2]c1c(F)cc(N2CCOCC2)cc1F. The number of nitrogens with zero attached hydrogens (tertiary/aromatic N) is 1. The number of morpholine rings is 1. The predicted octanol–water partition coefficient (Wildman–Crippen LogP) is 1.98. The number of hydrogen-bond acceptors (Lipinski definition) is 2. The summed E-state index contributed by atoms with van der Waals surface area (Å²) in [6, 6.07) is 2.63. The van der Waals surface area contributed by atoms with Gasteiger partial charge in [0.1, 0.15) is 11.6 Å². The van der Waals surface area contributed by atoms with Gasteiger partial charge < -0.3 is 9.64 Å². The van der Waals surface area contributed by atoms with E-state index < -0.39 is 11.6 Å². The lowest BCUT2D eigenvalue weighted by atomic mass is 10.2. The average molecular weight is 212 g/mol. The van der Waals surface area contributed by atoms with Crippen molar-refractivity contribution >= 4 is 5.69 Å². The Balaban J connectivity index is 2.27. The summed E-state index contributed by atoms with van der Waals surface area (Å²) >= 11 is 0. The quantitative estimate of drug-likeness (QED) is 0.705. The van der Waals surface area contributed by atoms with E-state index in [-0.39, 0.29) is 5.56 Å². The lowest BCUT2D eigenvalue weighted by Gasteiger charge is -2.29. The number of rotatable bonds is 1. The summed E-state index contributed by atoms with van der Waals surface area (Å²) in [5.74, 6) is -1.20. The molecule has 0 bridgehead atoms. The Morgan fingerprint density at radius 2 is 1.67 bits per heavy atom. The molecule has 0 amide bonds. The van der Waals surface area contributed by atoms with E-state index in [1.54, 1.807) is 0 Å². The molecule has 0 atom stereocenters. The molecule has 1 fully saturated rings. The molecule has 0 N–H and O–H groups in total. The van der Waals surface area contributed by atoms with Crippen molar-refractivity contribution in [1.29, 1.82) is 0 Å². The molecule has 15 heavy (non-hydrogen) atoms. The van der Waals surface area contributed by atoms with Gasteiger partial charge in [-0.25, -0.2) is 8.78 Å². The van der Waals surface area contributed by atoms with Crippen LogP contribution in [-0.4, -0.2) is 26.3 Å². The lowest BCUT2D eigenvalue weighted by molar-refractivity contribution is 0.122. The molecular weight excluding hydrogens is 200 g/mol. The van der Waals surface area contributed by atoms with Crippen LogP contribution in [0.15, 0.2) is 12.1 Å². The van der Waals surface area contributed by atoms with Crippen molar-refractivity contribution in [3.05, 3.63) is 36.3 Å². The van der Waals surface area contributed by atoms with Crippen LogP contribution in [0, 0.1) is 18.6 Å². The van der Waals surface area contributed by atoms with Gasteiger partial charge in [0.2, 0.25) is 0 Å². The number of halogens is 2. The van der Waals surface area contributed by atoms with Crippen LogP contribution in [0.25, 0.3) is 0 Å². The molecule has 1 aliphatic heterocycles. The van der Waals surface area contributed by atoms with Gasteiger partial charge in [0.15, 0.2) is 0 Å². The van der Waals surface area contributed by atoms with Crippen LogP contribution in [0.4, 0.5) is 14.5 Å². The average Bonchev–Trinajstić information content (AvgIpc) is 2.26. The molecule has 0 unspecified atom stereocenters. The zero-order valence-corrected chi connectivity index (χ0v) is 8.30. The molecule has 0 aromatic heterocycles. The predicted molar refractivity (Wildman–Crippen MR) is 53.8 cm³/mol. The van der Waals surface area contributed by atoms with Gasteiger partial charge in [0.25, 0.3) is 0 Å². The lowest BCUT2D eigenvalue weighted by Crippen LogP contribution is -2.36. The normalized spacial score (nSPS) is 16.9. The maximum Gasteiger partial charge on any atom is 0.131 e. The summed E-state index contributed by atoms with van der Waals surface area (Å²) in [4.78, 5) is 1.90. The first-order valence-electron chi connectivity index (χ1n) is 4.82. The Hall–Kier alpha value is -1.16. The highest BCUT2D eigenvalue weighted by Gasteiger charge is 2.14. The summed E-state index contributed by atoms with van der Waals surface area (Å²) in [6.07, 6.45) is 0. The van der Waals surface area contributed by atoms with Crippen molar-refractivity contribution < 1.29 is 13.5 Å². The van der Waals surface area contributed by atoms with E-state index in [1.807, 2.05) is 4.90 Å². The third kappa shape index (κ3) is 2.09. The second kappa shape index (κ2) is 4.14. The van der Waals surface area contributed by atoms with Crippen molar-refractivity contribution in [3.8, 4) is 0 Å². The van der Waals surface area contributed by atoms with Crippen molar-refractivity contribution in [2.24, 2.45) is 0 Å². The van der Waals surface area contributed by atoms with Gasteiger partial charge in [-0.05, 0) is 19.1 Å². The van der Waals surface area contributed by atoms with E-state index in [0.717, 1.165) is 0 Å².